The maximum Gasteiger partial charge on any atom is 0.0320 e. The lowest BCUT2D eigenvalue weighted by Gasteiger charge is -2.10. The van der Waals surface area contributed by atoms with E-state index in [4.69, 9.17) is 0 Å². The molecular formula is C12H18ClNS. The van der Waals surface area contributed by atoms with Gasteiger partial charge in [0.15, 0.2) is 0 Å². The lowest BCUT2D eigenvalue weighted by molar-refractivity contribution is 0.647. The molecule has 1 saturated heterocycles. The highest BCUT2D eigenvalue weighted by molar-refractivity contribution is 7.99. The minimum Gasteiger partial charge on any atom is -0.310 e. The summed E-state index contributed by atoms with van der Waals surface area (Å²) in [6.45, 7) is 3.37. The van der Waals surface area contributed by atoms with Gasteiger partial charge in [0.1, 0.15) is 0 Å². The number of halogens is 1. The molecular weight excluding hydrogens is 226 g/mol. The topological polar surface area (TPSA) is 12.0 Å². The Morgan fingerprint density at radius 2 is 2.07 bits per heavy atom. The Bertz CT molecular complexity index is 280. The average Bonchev–Trinajstić information content (AvgIpc) is 2.72. The molecule has 84 valence electrons. The molecule has 0 aromatic heterocycles. The first-order valence-corrected chi connectivity index (χ1v) is 6.35. The molecule has 1 aromatic rings. The molecule has 0 radical (unpaired) electrons. The molecule has 0 aliphatic carbocycles. The van der Waals surface area contributed by atoms with Crippen LogP contribution >= 0.6 is 24.2 Å². The van der Waals surface area contributed by atoms with E-state index in [1.54, 1.807) is 0 Å². The van der Waals surface area contributed by atoms with Crippen molar-refractivity contribution in [3.05, 3.63) is 29.8 Å². The molecule has 1 aliphatic heterocycles. The first-order valence-electron chi connectivity index (χ1n) is 5.36. The van der Waals surface area contributed by atoms with Crippen molar-refractivity contribution in [2.24, 2.45) is 0 Å². The Hall–Kier alpha value is -0.180. The van der Waals surface area contributed by atoms with Crippen LogP contribution in [0, 0.1) is 0 Å². The summed E-state index contributed by atoms with van der Waals surface area (Å²) in [5.74, 6) is 1.15. The van der Waals surface area contributed by atoms with E-state index in [0.29, 0.717) is 6.04 Å². The van der Waals surface area contributed by atoms with E-state index in [9.17, 15) is 0 Å². The first kappa shape index (κ1) is 12.9. The van der Waals surface area contributed by atoms with Gasteiger partial charge in [-0.1, -0.05) is 19.1 Å². The van der Waals surface area contributed by atoms with Gasteiger partial charge in [-0.25, -0.2) is 0 Å². The molecule has 0 amide bonds. The van der Waals surface area contributed by atoms with Crippen molar-refractivity contribution in [3.63, 3.8) is 0 Å². The smallest absolute Gasteiger partial charge is 0.0320 e. The van der Waals surface area contributed by atoms with Crippen molar-refractivity contribution in [1.29, 1.82) is 0 Å². The van der Waals surface area contributed by atoms with Crippen molar-refractivity contribution >= 4 is 24.2 Å². The second-order valence-electron chi connectivity index (χ2n) is 3.65. The Labute approximate surface area is 102 Å². The molecule has 1 heterocycles. The third-order valence-corrected chi connectivity index (χ3v) is 3.55. The van der Waals surface area contributed by atoms with Gasteiger partial charge in [-0.3, -0.25) is 0 Å². The monoisotopic (exact) mass is 243 g/mol. The Balaban J connectivity index is 0.00000112. The van der Waals surface area contributed by atoms with Gasteiger partial charge < -0.3 is 5.32 Å². The van der Waals surface area contributed by atoms with Crippen LogP contribution in [-0.2, 0) is 0 Å². The van der Waals surface area contributed by atoms with Crippen LogP contribution in [0.25, 0.3) is 0 Å². The highest BCUT2D eigenvalue weighted by Crippen LogP contribution is 2.25. The molecule has 0 spiro atoms. The summed E-state index contributed by atoms with van der Waals surface area (Å²) in [4.78, 5) is 1.38. The molecule has 3 heteroatoms. The van der Waals surface area contributed by atoms with Gasteiger partial charge in [0.25, 0.3) is 0 Å². The van der Waals surface area contributed by atoms with Gasteiger partial charge in [0.2, 0.25) is 0 Å². The van der Waals surface area contributed by atoms with Crippen LogP contribution in [-0.4, -0.2) is 12.3 Å². The number of thioether (sulfide) groups is 1. The van der Waals surface area contributed by atoms with Crippen LogP contribution in [0.4, 0.5) is 0 Å². The molecule has 0 bridgehead atoms. The Kier molecular flexibility index (Phi) is 5.51. The fourth-order valence-electron chi connectivity index (χ4n) is 1.93. The van der Waals surface area contributed by atoms with E-state index in [1.165, 1.54) is 29.8 Å². The average molecular weight is 244 g/mol. The summed E-state index contributed by atoms with van der Waals surface area (Å²) in [6, 6.07) is 9.62. The van der Waals surface area contributed by atoms with Crippen molar-refractivity contribution in [2.45, 2.75) is 30.7 Å². The normalized spacial score (nSPS) is 19.9. The minimum absolute atomic E-state index is 0. The first-order chi connectivity index (χ1) is 6.90. The lowest BCUT2D eigenvalue weighted by Crippen LogP contribution is -2.12. The predicted molar refractivity (Wildman–Crippen MR) is 70.1 cm³/mol. The van der Waals surface area contributed by atoms with Crippen LogP contribution in [0.1, 0.15) is 31.4 Å². The van der Waals surface area contributed by atoms with Gasteiger partial charge in [-0.15, -0.1) is 24.2 Å². The van der Waals surface area contributed by atoms with E-state index in [1.807, 2.05) is 11.8 Å². The summed E-state index contributed by atoms with van der Waals surface area (Å²) in [6.07, 6.45) is 2.61. The fourth-order valence-corrected chi connectivity index (χ4v) is 2.59. The standard InChI is InChI=1S/C12H17NS.ClH/c1-2-14-11-7-5-10(6-8-11)12-4-3-9-13-12;/h5-8,12-13H,2-4,9H2,1H3;1H/t12-;/m1./s1. The van der Waals surface area contributed by atoms with Gasteiger partial charge in [-0.05, 0) is 42.8 Å². The summed E-state index contributed by atoms with van der Waals surface area (Å²) in [5, 5.41) is 3.52. The Morgan fingerprint density at radius 1 is 1.33 bits per heavy atom. The summed E-state index contributed by atoms with van der Waals surface area (Å²) in [5.41, 5.74) is 1.45. The molecule has 1 aromatic carbocycles. The van der Waals surface area contributed by atoms with Crippen LogP contribution < -0.4 is 5.32 Å². The zero-order chi connectivity index (χ0) is 9.80. The van der Waals surface area contributed by atoms with Crippen LogP contribution in [0.15, 0.2) is 29.2 Å². The number of rotatable bonds is 3. The van der Waals surface area contributed by atoms with Crippen LogP contribution in [0.3, 0.4) is 0 Å². The van der Waals surface area contributed by atoms with Crippen molar-refractivity contribution < 1.29 is 0 Å². The Morgan fingerprint density at radius 3 is 2.60 bits per heavy atom. The lowest BCUT2D eigenvalue weighted by atomic mass is 10.1. The van der Waals surface area contributed by atoms with E-state index in [0.717, 1.165) is 5.75 Å². The highest BCUT2D eigenvalue weighted by atomic mass is 35.5. The zero-order valence-corrected chi connectivity index (χ0v) is 10.7. The maximum atomic E-state index is 3.52. The third-order valence-electron chi connectivity index (χ3n) is 2.65. The minimum atomic E-state index is 0. The molecule has 1 fully saturated rings. The third kappa shape index (κ3) is 3.40. The molecule has 1 aliphatic rings. The second-order valence-corrected chi connectivity index (χ2v) is 4.99. The molecule has 0 saturated carbocycles. The molecule has 2 rings (SSSR count). The van der Waals surface area contributed by atoms with Gasteiger partial charge in [-0.2, -0.15) is 0 Å². The van der Waals surface area contributed by atoms with E-state index in [-0.39, 0.29) is 12.4 Å². The quantitative estimate of drug-likeness (QED) is 0.814. The van der Waals surface area contributed by atoms with Crippen LogP contribution in [0.5, 0.6) is 0 Å². The van der Waals surface area contributed by atoms with Gasteiger partial charge in [0.05, 0.1) is 0 Å². The number of nitrogens with one attached hydrogen (secondary N) is 1. The highest BCUT2D eigenvalue weighted by Gasteiger charge is 2.15. The molecule has 1 nitrogen and oxygen atoms in total. The van der Waals surface area contributed by atoms with Gasteiger partial charge in [0, 0.05) is 10.9 Å². The SMILES string of the molecule is CCSc1ccc([C@H]2CCCN2)cc1.Cl. The number of hydrogen-bond donors (Lipinski definition) is 1. The molecule has 1 N–H and O–H groups in total. The fraction of sp³-hybridized carbons (Fsp3) is 0.500. The van der Waals surface area contributed by atoms with E-state index in [2.05, 4.69) is 36.5 Å². The zero-order valence-electron chi connectivity index (χ0n) is 9.03. The van der Waals surface area contributed by atoms with Crippen molar-refractivity contribution in [2.75, 3.05) is 12.3 Å². The number of hydrogen-bond acceptors (Lipinski definition) is 2. The second kappa shape index (κ2) is 6.41. The number of benzene rings is 1. The van der Waals surface area contributed by atoms with Crippen molar-refractivity contribution in [1.82, 2.24) is 5.32 Å². The van der Waals surface area contributed by atoms with Gasteiger partial charge >= 0.3 is 0 Å². The summed E-state index contributed by atoms with van der Waals surface area (Å²) >= 11 is 1.91. The molecule has 0 unspecified atom stereocenters. The van der Waals surface area contributed by atoms with E-state index >= 15 is 0 Å². The molecule has 1 atom stereocenters. The summed E-state index contributed by atoms with van der Waals surface area (Å²) < 4.78 is 0. The van der Waals surface area contributed by atoms with Crippen molar-refractivity contribution in [3.8, 4) is 0 Å². The maximum absolute atomic E-state index is 3.52. The predicted octanol–water partition coefficient (Wildman–Crippen LogP) is 3.64. The molecule has 15 heavy (non-hydrogen) atoms. The summed E-state index contributed by atoms with van der Waals surface area (Å²) in [7, 11) is 0. The van der Waals surface area contributed by atoms with Crippen LogP contribution in [0.2, 0.25) is 0 Å². The van der Waals surface area contributed by atoms with E-state index < -0.39 is 0 Å². The largest absolute Gasteiger partial charge is 0.310 e.